The van der Waals surface area contributed by atoms with Crippen LogP contribution in [0.5, 0.6) is 0 Å². The van der Waals surface area contributed by atoms with E-state index in [0.29, 0.717) is 5.92 Å². The average Bonchev–Trinajstić information content (AvgIpc) is 2.37. The lowest BCUT2D eigenvalue weighted by Crippen LogP contribution is -2.08. The molecule has 0 aromatic carbocycles. The number of aliphatic imine (C=N–C) groups is 1. The fraction of sp³-hybridized carbons (Fsp3) is 0.857. The third kappa shape index (κ3) is 3.75. The Labute approximate surface area is 89.2 Å². The number of nitrogens with zero attached hydrogens (tertiary/aromatic N) is 1. The zero-order valence-electron chi connectivity index (χ0n) is 6.87. The zero-order chi connectivity index (χ0) is 7.40. The molecular formula is C7H14INOS. The van der Waals surface area contributed by atoms with E-state index in [1.54, 1.807) is 18.9 Å². The number of ether oxygens (including phenoxy) is 1. The molecule has 4 heteroatoms. The molecule has 0 aromatic heterocycles. The van der Waals surface area contributed by atoms with Gasteiger partial charge in [-0.2, -0.15) is 0 Å². The predicted octanol–water partition coefficient (Wildman–Crippen LogP) is 2.03. The van der Waals surface area contributed by atoms with Gasteiger partial charge in [-0.15, -0.1) is 35.7 Å². The number of methoxy groups -OCH3 is 1. The Morgan fingerprint density at radius 3 is 2.91 bits per heavy atom. The highest BCUT2D eigenvalue weighted by molar-refractivity contribution is 14.0. The van der Waals surface area contributed by atoms with Crippen LogP contribution in [0.4, 0.5) is 0 Å². The van der Waals surface area contributed by atoms with Gasteiger partial charge in [-0.25, -0.2) is 0 Å². The SMILES string of the molecule is COC[C@H]1CN=C(SC)C1.I. The van der Waals surface area contributed by atoms with Crippen molar-refractivity contribution in [1.82, 2.24) is 0 Å². The van der Waals surface area contributed by atoms with Gasteiger partial charge in [-0.3, -0.25) is 4.99 Å². The number of halogens is 1. The monoisotopic (exact) mass is 287 g/mol. The summed E-state index contributed by atoms with van der Waals surface area (Å²) in [7, 11) is 1.75. The largest absolute Gasteiger partial charge is 0.384 e. The second-order valence-corrected chi connectivity index (χ2v) is 3.34. The maximum absolute atomic E-state index is 5.04. The maximum Gasteiger partial charge on any atom is 0.0677 e. The molecule has 1 aliphatic rings. The summed E-state index contributed by atoms with van der Waals surface area (Å²) in [6.07, 6.45) is 3.20. The van der Waals surface area contributed by atoms with E-state index in [9.17, 15) is 0 Å². The molecule has 0 aromatic rings. The van der Waals surface area contributed by atoms with Crippen LogP contribution in [0.2, 0.25) is 0 Å². The van der Waals surface area contributed by atoms with E-state index in [2.05, 4.69) is 11.2 Å². The van der Waals surface area contributed by atoms with E-state index in [0.717, 1.165) is 19.6 Å². The van der Waals surface area contributed by atoms with E-state index < -0.39 is 0 Å². The van der Waals surface area contributed by atoms with Crippen LogP contribution in [0.3, 0.4) is 0 Å². The first kappa shape index (κ1) is 11.7. The quantitative estimate of drug-likeness (QED) is 0.725. The molecule has 1 aliphatic heterocycles. The summed E-state index contributed by atoms with van der Waals surface area (Å²) in [6, 6.07) is 0. The second-order valence-electron chi connectivity index (χ2n) is 2.46. The molecule has 1 rings (SSSR count). The van der Waals surface area contributed by atoms with Crippen LogP contribution >= 0.6 is 35.7 Å². The molecule has 0 N–H and O–H groups in total. The Hall–Kier alpha value is 0.710. The van der Waals surface area contributed by atoms with E-state index in [4.69, 9.17) is 4.74 Å². The van der Waals surface area contributed by atoms with Gasteiger partial charge in [0, 0.05) is 26.0 Å². The third-order valence-corrected chi connectivity index (χ3v) is 2.39. The summed E-state index contributed by atoms with van der Waals surface area (Å²) in [4.78, 5) is 4.35. The molecule has 0 bridgehead atoms. The minimum absolute atomic E-state index is 0. The Morgan fingerprint density at radius 2 is 2.45 bits per heavy atom. The van der Waals surface area contributed by atoms with Crippen LogP contribution in [0.25, 0.3) is 0 Å². The van der Waals surface area contributed by atoms with E-state index in [1.165, 1.54) is 5.04 Å². The van der Waals surface area contributed by atoms with Crippen LogP contribution in [-0.2, 0) is 4.74 Å². The molecule has 66 valence electrons. The van der Waals surface area contributed by atoms with Gasteiger partial charge in [0.15, 0.2) is 0 Å². The second kappa shape index (κ2) is 6.25. The average molecular weight is 287 g/mol. The molecule has 0 aliphatic carbocycles. The van der Waals surface area contributed by atoms with Gasteiger partial charge >= 0.3 is 0 Å². The topological polar surface area (TPSA) is 21.6 Å². The van der Waals surface area contributed by atoms with E-state index in [-0.39, 0.29) is 24.0 Å². The highest BCUT2D eigenvalue weighted by Gasteiger charge is 2.16. The van der Waals surface area contributed by atoms with Crippen LogP contribution in [0.1, 0.15) is 6.42 Å². The van der Waals surface area contributed by atoms with Crippen molar-refractivity contribution in [3.63, 3.8) is 0 Å². The van der Waals surface area contributed by atoms with Crippen molar-refractivity contribution in [2.45, 2.75) is 6.42 Å². The smallest absolute Gasteiger partial charge is 0.0677 e. The Bertz CT molecular complexity index is 140. The first-order valence-electron chi connectivity index (χ1n) is 3.43. The van der Waals surface area contributed by atoms with Crippen molar-refractivity contribution >= 4 is 40.8 Å². The van der Waals surface area contributed by atoms with Crippen molar-refractivity contribution in [3.8, 4) is 0 Å². The Morgan fingerprint density at radius 1 is 1.73 bits per heavy atom. The first-order chi connectivity index (χ1) is 4.86. The van der Waals surface area contributed by atoms with Crippen molar-refractivity contribution in [3.05, 3.63) is 0 Å². The Balaban J connectivity index is 0.000001000. The molecule has 0 amide bonds. The molecule has 0 spiro atoms. The molecule has 0 fully saturated rings. The normalized spacial score (nSPS) is 22.7. The van der Waals surface area contributed by atoms with Crippen LogP contribution in [0, 0.1) is 5.92 Å². The number of hydrogen-bond acceptors (Lipinski definition) is 3. The summed E-state index contributed by atoms with van der Waals surface area (Å²) in [5.74, 6) is 0.646. The number of rotatable bonds is 2. The summed E-state index contributed by atoms with van der Waals surface area (Å²) >= 11 is 1.76. The fourth-order valence-corrected chi connectivity index (χ4v) is 1.71. The molecule has 1 atom stereocenters. The molecule has 0 radical (unpaired) electrons. The molecule has 2 nitrogen and oxygen atoms in total. The van der Waals surface area contributed by atoms with Crippen molar-refractivity contribution < 1.29 is 4.74 Å². The van der Waals surface area contributed by atoms with Gasteiger partial charge in [-0.1, -0.05) is 0 Å². The molecule has 1 heterocycles. The lowest BCUT2D eigenvalue weighted by atomic mass is 10.1. The van der Waals surface area contributed by atoms with E-state index >= 15 is 0 Å². The highest BCUT2D eigenvalue weighted by atomic mass is 127. The summed E-state index contributed by atoms with van der Waals surface area (Å²) in [6.45, 7) is 1.82. The predicted molar refractivity (Wildman–Crippen MR) is 61.2 cm³/mol. The molecule has 0 unspecified atom stereocenters. The maximum atomic E-state index is 5.04. The third-order valence-electron chi connectivity index (χ3n) is 1.63. The molecular weight excluding hydrogens is 273 g/mol. The van der Waals surface area contributed by atoms with Crippen LogP contribution in [0.15, 0.2) is 4.99 Å². The molecule has 11 heavy (non-hydrogen) atoms. The summed E-state index contributed by atoms with van der Waals surface area (Å²) in [5, 5.41) is 1.28. The van der Waals surface area contributed by atoms with Crippen molar-refractivity contribution in [2.24, 2.45) is 10.9 Å². The lowest BCUT2D eigenvalue weighted by Gasteiger charge is -2.04. The first-order valence-corrected chi connectivity index (χ1v) is 4.65. The number of thioether (sulfide) groups is 1. The summed E-state index contributed by atoms with van der Waals surface area (Å²) in [5.41, 5.74) is 0. The summed E-state index contributed by atoms with van der Waals surface area (Å²) < 4.78 is 5.04. The molecule has 0 saturated heterocycles. The van der Waals surface area contributed by atoms with Crippen molar-refractivity contribution in [1.29, 1.82) is 0 Å². The van der Waals surface area contributed by atoms with Gasteiger partial charge in [0.05, 0.1) is 11.7 Å². The van der Waals surface area contributed by atoms with Gasteiger partial charge in [-0.05, 0) is 6.26 Å². The molecule has 0 saturated carbocycles. The highest BCUT2D eigenvalue weighted by Crippen LogP contribution is 2.19. The van der Waals surface area contributed by atoms with E-state index in [1.807, 2.05) is 0 Å². The van der Waals surface area contributed by atoms with Gasteiger partial charge in [0.1, 0.15) is 0 Å². The van der Waals surface area contributed by atoms with Gasteiger partial charge < -0.3 is 4.74 Å². The Kier molecular flexibility index (Phi) is 6.65. The van der Waals surface area contributed by atoms with Gasteiger partial charge in [0.25, 0.3) is 0 Å². The van der Waals surface area contributed by atoms with Crippen LogP contribution < -0.4 is 0 Å². The fourth-order valence-electron chi connectivity index (χ4n) is 1.10. The zero-order valence-corrected chi connectivity index (χ0v) is 10.0. The lowest BCUT2D eigenvalue weighted by molar-refractivity contribution is 0.161. The standard InChI is InChI=1S/C7H13NOS.HI/c1-9-5-6-3-7(10-2)8-4-6;/h6H,3-5H2,1-2H3;1H/t6-;/m1./s1. The minimum Gasteiger partial charge on any atom is -0.384 e. The number of hydrogen-bond donors (Lipinski definition) is 0. The van der Waals surface area contributed by atoms with Crippen LogP contribution in [-0.4, -0.2) is 31.6 Å². The van der Waals surface area contributed by atoms with Gasteiger partial charge in [0.2, 0.25) is 0 Å². The minimum atomic E-state index is 0. The van der Waals surface area contributed by atoms with Crippen molar-refractivity contribution in [2.75, 3.05) is 26.5 Å².